The molecule has 6 nitrogen and oxygen atoms in total. The van der Waals surface area contributed by atoms with Gasteiger partial charge in [-0.3, -0.25) is 9.52 Å². The van der Waals surface area contributed by atoms with Crippen LogP contribution in [-0.2, 0) is 4.79 Å². The zero-order chi connectivity index (χ0) is 20.6. The fourth-order valence-corrected chi connectivity index (χ4v) is 5.39. The van der Waals surface area contributed by atoms with Gasteiger partial charge in [0, 0.05) is 35.7 Å². The molecule has 5 rings (SSSR count). The van der Waals surface area contributed by atoms with Crippen molar-refractivity contribution in [3.05, 3.63) is 30.0 Å². The van der Waals surface area contributed by atoms with Crippen LogP contribution >= 0.6 is 11.9 Å². The number of nitrogens with zero attached hydrogens (tertiary/aromatic N) is 2. The van der Waals surface area contributed by atoms with E-state index in [1.165, 1.54) is 24.0 Å². The molecule has 2 fully saturated rings. The fourth-order valence-electron chi connectivity index (χ4n) is 4.16. The molecule has 0 saturated heterocycles. The zero-order valence-corrected chi connectivity index (χ0v) is 17.9. The van der Waals surface area contributed by atoms with E-state index in [1.807, 2.05) is 12.3 Å². The molecule has 0 spiro atoms. The normalized spacial score (nSPS) is 22.4. The number of nitriles is 1. The number of carbonyl (C=O) groups excluding carboxylic acids is 1. The van der Waals surface area contributed by atoms with Crippen molar-refractivity contribution >= 4 is 40.3 Å². The van der Waals surface area contributed by atoms with Crippen LogP contribution in [-0.4, -0.2) is 27.7 Å². The topological polar surface area (TPSA) is 93.6 Å². The van der Waals surface area contributed by atoms with Crippen molar-refractivity contribution in [1.82, 2.24) is 14.7 Å². The Morgan fingerprint density at radius 2 is 2.23 bits per heavy atom. The highest BCUT2D eigenvalue weighted by molar-refractivity contribution is 7.97. The Hall–Kier alpha value is -2.30. The average Bonchev–Trinajstić information content (AvgIpc) is 3.67. The minimum atomic E-state index is 0.0862. The number of rotatable bonds is 8. The summed E-state index contributed by atoms with van der Waals surface area (Å²) in [6.45, 7) is 0. The number of hydrogen-bond acceptors (Lipinski definition) is 5. The van der Waals surface area contributed by atoms with Gasteiger partial charge in [-0.25, -0.2) is 4.98 Å². The number of H-pyrrole nitrogens is 1. The number of allylic oxidation sites excluding steroid dienone is 1. The summed E-state index contributed by atoms with van der Waals surface area (Å²) >= 11 is 1.80. The van der Waals surface area contributed by atoms with E-state index in [-0.39, 0.29) is 17.2 Å². The first-order valence-electron chi connectivity index (χ1n) is 10.9. The number of pyridine rings is 1. The van der Waals surface area contributed by atoms with E-state index in [2.05, 4.69) is 38.2 Å². The molecule has 0 bridgehead atoms. The van der Waals surface area contributed by atoms with Gasteiger partial charge >= 0.3 is 0 Å². The third-order valence-electron chi connectivity index (χ3n) is 6.52. The summed E-state index contributed by atoms with van der Waals surface area (Å²) in [7, 11) is 0. The first-order valence-corrected chi connectivity index (χ1v) is 11.9. The summed E-state index contributed by atoms with van der Waals surface area (Å²) in [5.74, 6) is 1.92. The van der Waals surface area contributed by atoms with E-state index in [1.54, 1.807) is 11.9 Å². The minimum Gasteiger partial charge on any atom is -0.346 e. The highest BCUT2D eigenvalue weighted by Crippen LogP contribution is 2.50. The molecule has 30 heavy (non-hydrogen) atoms. The zero-order valence-electron chi connectivity index (χ0n) is 17.0. The van der Waals surface area contributed by atoms with Crippen molar-refractivity contribution in [1.29, 1.82) is 5.26 Å². The maximum absolute atomic E-state index is 12.2. The second-order valence-electron chi connectivity index (χ2n) is 9.00. The van der Waals surface area contributed by atoms with E-state index in [4.69, 9.17) is 5.26 Å². The third kappa shape index (κ3) is 4.26. The molecule has 2 aromatic rings. The Labute approximate surface area is 181 Å². The molecule has 0 radical (unpaired) electrons. The number of aromatic amines is 1. The van der Waals surface area contributed by atoms with Crippen LogP contribution in [0.25, 0.3) is 16.6 Å². The van der Waals surface area contributed by atoms with Crippen molar-refractivity contribution in [3.63, 3.8) is 0 Å². The van der Waals surface area contributed by atoms with Crippen LogP contribution in [0.3, 0.4) is 0 Å². The van der Waals surface area contributed by atoms with Crippen LogP contribution < -0.4 is 10.0 Å². The summed E-state index contributed by atoms with van der Waals surface area (Å²) in [6.07, 6.45) is 12.4. The molecular weight excluding hydrogens is 394 g/mol. The maximum Gasteiger partial charge on any atom is 0.228 e. The number of fused-ring (bicyclic) bond motifs is 1. The second-order valence-corrected chi connectivity index (χ2v) is 9.81. The Kier molecular flexibility index (Phi) is 5.30. The quantitative estimate of drug-likeness (QED) is 0.533. The van der Waals surface area contributed by atoms with Crippen LogP contribution in [0.4, 0.5) is 5.82 Å². The van der Waals surface area contributed by atoms with Crippen molar-refractivity contribution in [2.24, 2.45) is 11.3 Å². The highest BCUT2D eigenvalue weighted by Gasteiger charge is 2.42. The SMILES string of the molecule is N#CCC1(CSNC2CC=C(c3cc(NC(=O)C4CC4)nc4[nH]ccc34)CC2)CC1. The van der Waals surface area contributed by atoms with E-state index < -0.39 is 0 Å². The molecule has 1 atom stereocenters. The van der Waals surface area contributed by atoms with Gasteiger partial charge in [-0.15, -0.1) is 0 Å². The molecule has 1 amide bonds. The average molecular weight is 422 g/mol. The monoisotopic (exact) mass is 421 g/mol. The van der Waals surface area contributed by atoms with Crippen LogP contribution in [0.15, 0.2) is 24.4 Å². The summed E-state index contributed by atoms with van der Waals surface area (Å²) in [5.41, 5.74) is 3.60. The van der Waals surface area contributed by atoms with Gasteiger partial charge in [0.05, 0.1) is 6.07 Å². The van der Waals surface area contributed by atoms with Gasteiger partial charge in [0.1, 0.15) is 11.5 Å². The standard InChI is InChI=1S/C23H27N5OS/c24-11-10-23(8-9-23)14-30-28-17-5-3-15(4-6-17)19-13-20(27-22(29)16-1-2-16)26-21-18(19)7-12-25-21/h3,7,12-13,16-17,28H,1-2,4-6,8-10,14H2,(H2,25,26,27,29). The number of anilines is 1. The predicted octanol–water partition coefficient (Wildman–Crippen LogP) is 4.78. The Morgan fingerprint density at radius 1 is 1.37 bits per heavy atom. The Bertz CT molecular complexity index is 1030. The van der Waals surface area contributed by atoms with Crippen LogP contribution in [0.1, 0.15) is 56.9 Å². The van der Waals surface area contributed by atoms with Gasteiger partial charge in [0.15, 0.2) is 0 Å². The second kappa shape index (κ2) is 8.09. The van der Waals surface area contributed by atoms with Crippen molar-refractivity contribution in [2.45, 2.75) is 57.4 Å². The molecule has 156 valence electrons. The molecule has 2 saturated carbocycles. The predicted molar refractivity (Wildman–Crippen MR) is 121 cm³/mol. The molecular formula is C23H27N5OS. The lowest BCUT2D eigenvalue weighted by molar-refractivity contribution is -0.117. The summed E-state index contributed by atoms with van der Waals surface area (Å²) in [6, 6.07) is 6.90. The van der Waals surface area contributed by atoms with Crippen LogP contribution in [0, 0.1) is 22.7 Å². The molecule has 1 unspecified atom stereocenters. The van der Waals surface area contributed by atoms with Crippen molar-refractivity contribution in [2.75, 3.05) is 11.1 Å². The van der Waals surface area contributed by atoms with Gasteiger partial charge in [-0.2, -0.15) is 5.26 Å². The first kappa shape index (κ1) is 19.7. The van der Waals surface area contributed by atoms with Gasteiger partial charge in [0.2, 0.25) is 5.91 Å². The number of hydrogen-bond donors (Lipinski definition) is 3. The van der Waals surface area contributed by atoms with E-state index in [0.717, 1.165) is 48.9 Å². The Morgan fingerprint density at radius 3 is 2.93 bits per heavy atom. The number of aromatic nitrogens is 2. The van der Waals surface area contributed by atoms with Crippen LogP contribution in [0.2, 0.25) is 0 Å². The molecule has 3 aliphatic carbocycles. The molecule has 3 N–H and O–H groups in total. The van der Waals surface area contributed by atoms with Gasteiger partial charge in [-0.05, 0) is 73.6 Å². The largest absolute Gasteiger partial charge is 0.346 e. The summed E-state index contributed by atoms with van der Waals surface area (Å²) in [5, 5.41) is 13.1. The van der Waals surface area contributed by atoms with Crippen molar-refractivity contribution in [3.8, 4) is 6.07 Å². The molecule has 3 aliphatic rings. The molecule has 7 heteroatoms. The number of nitrogens with one attached hydrogen (secondary N) is 3. The molecule has 2 heterocycles. The van der Waals surface area contributed by atoms with E-state index >= 15 is 0 Å². The molecule has 2 aromatic heterocycles. The Balaban J connectivity index is 1.25. The minimum absolute atomic E-state index is 0.0862. The third-order valence-corrected chi connectivity index (χ3v) is 7.78. The summed E-state index contributed by atoms with van der Waals surface area (Å²) < 4.78 is 3.62. The summed E-state index contributed by atoms with van der Waals surface area (Å²) in [4.78, 5) is 20.0. The van der Waals surface area contributed by atoms with E-state index in [0.29, 0.717) is 18.3 Å². The fraction of sp³-hybridized carbons (Fsp3) is 0.522. The lowest BCUT2D eigenvalue weighted by Crippen LogP contribution is -2.26. The van der Waals surface area contributed by atoms with Crippen molar-refractivity contribution < 1.29 is 4.79 Å². The van der Waals surface area contributed by atoms with Gasteiger partial charge < -0.3 is 10.3 Å². The molecule has 0 aromatic carbocycles. The van der Waals surface area contributed by atoms with Crippen LogP contribution in [0.5, 0.6) is 0 Å². The lowest BCUT2D eigenvalue weighted by Gasteiger charge is -2.24. The van der Waals surface area contributed by atoms with Gasteiger partial charge in [-0.1, -0.05) is 18.0 Å². The smallest absolute Gasteiger partial charge is 0.228 e. The molecule has 0 aliphatic heterocycles. The van der Waals surface area contributed by atoms with E-state index in [9.17, 15) is 4.79 Å². The maximum atomic E-state index is 12.2. The number of amides is 1. The first-order chi connectivity index (χ1) is 14.7. The lowest BCUT2D eigenvalue weighted by atomic mass is 9.90. The highest BCUT2D eigenvalue weighted by atomic mass is 32.2. The van der Waals surface area contributed by atoms with Gasteiger partial charge in [0.25, 0.3) is 0 Å². The number of carbonyl (C=O) groups is 1.